The van der Waals surface area contributed by atoms with Crippen molar-refractivity contribution in [3.63, 3.8) is 0 Å². The Labute approximate surface area is 111 Å². The number of thiocarbonyl (C=S) groups is 1. The lowest BCUT2D eigenvalue weighted by molar-refractivity contribution is -0.122. The summed E-state index contributed by atoms with van der Waals surface area (Å²) in [6.07, 6.45) is 3.69. The summed E-state index contributed by atoms with van der Waals surface area (Å²) in [6, 6.07) is 3.64. The molecule has 1 aromatic heterocycles. The Morgan fingerprint density at radius 2 is 2.22 bits per heavy atom. The zero-order chi connectivity index (χ0) is 13.0. The van der Waals surface area contributed by atoms with Crippen LogP contribution < -0.4 is 16.4 Å². The second-order valence-corrected chi connectivity index (χ2v) is 4.73. The lowest BCUT2D eigenvalue weighted by Gasteiger charge is -2.07. The Bertz CT molecular complexity index is 442. The summed E-state index contributed by atoms with van der Waals surface area (Å²) in [5.74, 6) is 1.16. The van der Waals surface area contributed by atoms with Gasteiger partial charge < -0.3 is 16.4 Å². The molecule has 1 aromatic rings. The molecule has 5 nitrogen and oxygen atoms in total. The highest BCUT2D eigenvalue weighted by atomic mass is 32.1. The van der Waals surface area contributed by atoms with Crippen LogP contribution in [0.5, 0.6) is 0 Å². The number of nitrogens with one attached hydrogen (secondary N) is 2. The van der Waals surface area contributed by atoms with Gasteiger partial charge in [0.1, 0.15) is 10.8 Å². The van der Waals surface area contributed by atoms with Crippen molar-refractivity contribution in [2.75, 3.05) is 18.4 Å². The molecule has 2 rings (SSSR count). The van der Waals surface area contributed by atoms with Gasteiger partial charge in [-0.3, -0.25) is 4.79 Å². The van der Waals surface area contributed by atoms with Gasteiger partial charge in [0.15, 0.2) is 0 Å². The van der Waals surface area contributed by atoms with Crippen LogP contribution in [0.3, 0.4) is 0 Å². The summed E-state index contributed by atoms with van der Waals surface area (Å²) in [5, 5.41) is 5.99. The highest BCUT2D eigenvalue weighted by Gasteiger charge is 2.28. The van der Waals surface area contributed by atoms with Crippen molar-refractivity contribution in [2.24, 2.45) is 11.7 Å². The standard InChI is InChI=1S/C12H16N4OS/c13-11(18)9-3-4-10(16-7-9)14-5-6-15-12(17)8-1-2-8/h3-4,7-8H,1-2,5-6H2,(H2,13,18)(H,14,16)(H,15,17). The molecule has 0 saturated heterocycles. The zero-order valence-corrected chi connectivity index (χ0v) is 10.8. The molecule has 0 unspecified atom stereocenters. The summed E-state index contributed by atoms with van der Waals surface area (Å²) in [5.41, 5.74) is 6.22. The first-order valence-electron chi connectivity index (χ1n) is 5.94. The number of carbonyl (C=O) groups excluding carboxylic acids is 1. The maximum absolute atomic E-state index is 11.4. The molecule has 0 aromatic carbocycles. The van der Waals surface area contributed by atoms with Gasteiger partial charge in [0.2, 0.25) is 5.91 Å². The van der Waals surface area contributed by atoms with Crippen molar-refractivity contribution < 1.29 is 4.79 Å². The van der Waals surface area contributed by atoms with Crippen LogP contribution in [-0.4, -0.2) is 29.0 Å². The normalized spacial score (nSPS) is 14.0. The van der Waals surface area contributed by atoms with E-state index >= 15 is 0 Å². The molecule has 1 saturated carbocycles. The maximum Gasteiger partial charge on any atom is 0.223 e. The molecule has 0 aliphatic heterocycles. The molecule has 4 N–H and O–H groups in total. The van der Waals surface area contributed by atoms with Crippen LogP contribution >= 0.6 is 12.2 Å². The van der Waals surface area contributed by atoms with E-state index < -0.39 is 0 Å². The van der Waals surface area contributed by atoms with Gasteiger partial charge in [0.05, 0.1) is 0 Å². The Kier molecular flexibility index (Phi) is 4.09. The summed E-state index contributed by atoms with van der Waals surface area (Å²) < 4.78 is 0. The Morgan fingerprint density at radius 3 is 2.78 bits per heavy atom. The average Bonchev–Trinajstić information content (AvgIpc) is 3.19. The fraction of sp³-hybridized carbons (Fsp3) is 0.417. The Balaban J connectivity index is 1.69. The number of hydrogen-bond acceptors (Lipinski definition) is 4. The number of rotatable bonds is 6. The predicted molar refractivity (Wildman–Crippen MR) is 74.3 cm³/mol. The number of aromatic nitrogens is 1. The van der Waals surface area contributed by atoms with Crippen LogP contribution in [-0.2, 0) is 4.79 Å². The van der Waals surface area contributed by atoms with Crippen molar-refractivity contribution in [1.82, 2.24) is 10.3 Å². The third-order valence-corrected chi connectivity index (χ3v) is 2.96. The number of amides is 1. The summed E-state index contributed by atoms with van der Waals surface area (Å²) in [4.78, 5) is 15.9. The van der Waals surface area contributed by atoms with Crippen molar-refractivity contribution in [2.45, 2.75) is 12.8 Å². The highest BCUT2D eigenvalue weighted by Crippen LogP contribution is 2.28. The molecular weight excluding hydrogens is 248 g/mol. The van der Waals surface area contributed by atoms with E-state index in [1.54, 1.807) is 6.20 Å². The number of carbonyl (C=O) groups is 1. The molecule has 0 radical (unpaired) electrons. The average molecular weight is 264 g/mol. The summed E-state index contributed by atoms with van der Waals surface area (Å²) >= 11 is 4.84. The minimum atomic E-state index is 0.161. The van der Waals surface area contributed by atoms with Crippen molar-refractivity contribution >= 4 is 28.9 Å². The SMILES string of the molecule is NC(=S)c1ccc(NCCNC(=O)C2CC2)nc1. The predicted octanol–water partition coefficient (Wildman–Crippen LogP) is 0.654. The first-order chi connectivity index (χ1) is 8.66. The van der Waals surface area contributed by atoms with Gasteiger partial charge in [-0.1, -0.05) is 12.2 Å². The molecule has 96 valence electrons. The van der Waals surface area contributed by atoms with Gasteiger partial charge in [-0.25, -0.2) is 4.98 Å². The number of anilines is 1. The van der Waals surface area contributed by atoms with Gasteiger partial charge in [-0.2, -0.15) is 0 Å². The largest absolute Gasteiger partial charge is 0.389 e. The fourth-order valence-corrected chi connectivity index (χ4v) is 1.63. The number of pyridine rings is 1. The summed E-state index contributed by atoms with van der Waals surface area (Å²) in [6.45, 7) is 1.26. The first-order valence-corrected chi connectivity index (χ1v) is 6.35. The van der Waals surface area contributed by atoms with Gasteiger partial charge in [-0.15, -0.1) is 0 Å². The van der Waals surface area contributed by atoms with Crippen LogP contribution in [0.4, 0.5) is 5.82 Å². The molecule has 1 aliphatic rings. The van der Waals surface area contributed by atoms with Crippen molar-refractivity contribution in [3.05, 3.63) is 23.9 Å². The number of hydrogen-bond donors (Lipinski definition) is 3. The quantitative estimate of drug-likeness (QED) is 0.519. The van der Waals surface area contributed by atoms with Crippen LogP contribution in [0.1, 0.15) is 18.4 Å². The Hall–Kier alpha value is -1.69. The van der Waals surface area contributed by atoms with Crippen LogP contribution in [0.25, 0.3) is 0 Å². The zero-order valence-electron chi connectivity index (χ0n) is 9.98. The van der Waals surface area contributed by atoms with Gasteiger partial charge in [0, 0.05) is 30.8 Å². The smallest absolute Gasteiger partial charge is 0.223 e. The van der Waals surface area contributed by atoms with E-state index in [9.17, 15) is 4.79 Å². The van der Waals surface area contributed by atoms with E-state index in [0.29, 0.717) is 18.1 Å². The second-order valence-electron chi connectivity index (χ2n) is 4.29. The molecule has 0 bridgehead atoms. The molecule has 0 spiro atoms. The number of nitrogens with two attached hydrogens (primary N) is 1. The van der Waals surface area contributed by atoms with E-state index in [0.717, 1.165) is 24.2 Å². The molecular formula is C12H16N4OS. The number of nitrogens with zero attached hydrogens (tertiary/aromatic N) is 1. The highest BCUT2D eigenvalue weighted by molar-refractivity contribution is 7.80. The monoisotopic (exact) mass is 264 g/mol. The third kappa shape index (κ3) is 3.66. The van der Waals surface area contributed by atoms with E-state index in [2.05, 4.69) is 15.6 Å². The van der Waals surface area contributed by atoms with Gasteiger partial charge in [0.25, 0.3) is 0 Å². The van der Waals surface area contributed by atoms with Crippen molar-refractivity contribution in [1.29, 1.82) is 0 Å². The van der Waals surface area contributed by atoms with Crippen LogP contribution in [0.15, 0.2) is 18.3 Å². The molecule has 1 fully saturated rings. The molecule has 1 heterocycles. The van der Waals surface area contributed by atoms with Gasteiger partial charge >= 0.3 is 0 Å². The van der Waals surface area contributed by atoms with E-state index in [1.807, 2.05) is 12.1 Å². The maximum atomic E-state index is 11.4. The van der Waals surface area contributed by atoms with E-state index in [1.165, 1.54) is 0 Å². The van der Waals surface area contributed by atoms with E-state index in [4.69, 9.17) is 18.0 Å². The van der Waals surface area contributed by atoms with Crippen LogP contribution in [0, 0.1) is 5.92 Å². The minimum Gasteiger partial charge on any atom is -0.389 e. The van der Waals surface area contributed by atoms with Gasteiger partial charge in [-0.05, 0) is 25.0 Å². The fourth-order valence-electron chi connectivity index (χ4n) is 1.51. The van der Waals surface area contributed by atoms with Crippen LogP contribution in [0.2, 0.25) is 0 Å². The second kappa shape index (κ2) is 5.77. The first kappa shape index (κ1) is 12.8. The molecule has 0 atom stereocenters. The third-order valence-electron chi connectivity index (χ3n) is 2.73. The molecule has 18 heavy (non-hydrogen) atoms. The van der Waals surface area contributed by atoms with E-state index in [-0.39, 0.29) is 11.8 Å². The lowest BCUT2D eigenvalue weighted by Crippen LogP contribution is -2.29. The van der Waals surface area contributed by atoms with Crippen molar-refractivity contribution in [3.8, 4) is 0 Å². The molecule has 6 heteroatoms. The molecule has 1 amide bonds. The molecule has 1 aliphatic carbocycles. The topological polar surface area (TPSA) is 80.0 Å². The summed E-state index contributed by atoms with van der Waals surface area (Å²) in [7, 11) is 0. The Morgan fingerprint density at radius 1 is 1.44 bits per heavy atom. The minimum absolute atomic E-state index is 0.161. The lowest BCUT2D eigenvalue weighted by atomic mass is 10.3.